The van der Waals surface area contributed by atoms with Crippen molar-refractivity contribution in [3.05, 3.63) is 0 Å². The maximum Gasteiger partial charge on any atom is 0.317 e. The summed E-state index contributed by atoms with van der Waals surface area (Å²) in [4.78, 5) is 12.5. The van der Waals surface area contributed by atoms with Crippen molar-refractivity contribution in [1.29, 1.82) is 0 Å². The van der Waals surface area contributed by atoms with Crippen molar-refractivity contribution in [2.75, 3.05) is 14.1 Å². The van der Waals surface area contributed by atoms with E-state index in [1.807, 2.05) is 13.8 Å². The normalized spacial score (nSPS) is 12.4. The Balaban J connectivity index is 3.57. The van der Waals surface area contributed by atoms with E-state index in [0.29, 0.717) is 0 Å². The first-order valence-corrected chi connectivity index (χ1v) is 3.55. The number of nitrogens with one attached hydrogen (secondary N) is 1. The predicted molar refractivity (Wildman–Crippen MR) is 42.0 cm³/mol. The fourth-order valence-electron chi connectivity index (χ4n) is 0.442. The number of nitrogens with zero attached hydrogens (tertiary/aromatic N) is 1. The third-order valence-electron chi connectivity index (χ3n) is 1.39. The maximum atomic E-state index is 10.9. The van der Waals surface area contributed by atoms with Crippen molar-refractivity contribution >= 4 is 6.03 Å². The summed E-state index contributed by atoms with van der Waals surface area (Å²) in [5, 5.41) is 2.82. The van der Waals surface area contributed by atoms with Crippen LogP contribution in [0.3, 0.4) is 0 Å². The highest BCUT2D eigenvalue weighted by molar-refractivity contribution is 5.73. The van der Waals surface area contributed by atoms with Crippen LogP contribution >= 0.6 is 0 Å². The van der Waals surface area contributed by atoms with E-state index in [4.69, 9.17) is 0 Å². The van der Waals surface area contributed by atoms with Gasteiger partial charge in [0.05, 0.1) is 0 Å². The first-order chi connectivity index (χ1) is 4.57. The van der Waals surface area contributed by atoms with Crippen LogP contribution in [0.2, 0.25) is 0 Å². The quantitative estimate of drug-likeness (QED) is 0.617. The Morgan fingerprint density at radius 2 is 2.10 bits per heavy atom. The summed E-state index contributed by atoms with van der Waals surface area (Å²) in [5.74, 6) is 0. The Morgan fingerprint density at radius 1 is 1.60 bits per heavy atom. The van der Waals surface area contributed by atoms with Crippen molar-refractivity contribution < 1.29 is 4.79 Å². The zero-order chi connectivity index (χ0) is 8.15. The Bertz CT molecular complexity index is 112. The van der Waals surface area contributed by atoms with Gasteiger partial charge < -0.3 is 10.2 Å². The Labute approximate surface area is 62.4 Å². The smallest absolute Gasteiger partial charge is 0.317 e. The van der Waals surface area contributed by atoms with E-state index in [-0.39, 0.29) is 12.1 Å². The molecule has 2 amide bonds. The third-order valence-corrected chi connectivity index (χ3v) is 1.39. The number of urea groups is 1. The highest BCUT2D eigenvalue weighted by Crippen LogP contribution is 1.88. The molecule has 3 heteroatoms. The average Bonchev–Trinajstić information content (AvgIpc) is 1.87. The van der Waals surface area contributed by atoms with Crippen molar-refractivity contribution in [2.45, 2.75) is 26.3 Å². The summed E-state index contributed by atoms with van der Waals surface area (Å²) in [6.45, 7) is 4.03. The SMILES string of the molecule is CCC(C)NC(=O)N(C)C. The topological polar surface area (TPSA) is 32.3 Å². The Morgan fingerprint density at radius 3 is 2.40 bits per heavy atom. The molecule has 0 spiro atoms. The lowest BCUT2D eigenvalue weighted by molar-refractivity contribution is 0.213. The van der Waals surface area contributed by atoms with Gasteiger partial charge in [0, 0.05) is 20.1 Å². The molecule has 0 heterocycles. The number of hydrogen-bond acceptors (Lipinski definition) is 1. The summed E-state index contributed by atoms with van der Waals surface area (Å²) < 4.78 is 0. The van der Waals surface area contributed by atoms with Gasteiger partial charge in [-0.3, -0.25) is 0 Å². The van der Waals surface area contributed by atoms with Gasteiger partial charge in [-0.2, -0.15) is 0 Å². The van der Waals surface area contributed by atoms with Crippen LogP contribution in [-0.2, 0) is 0 Å². The lowest BCUT2D eigenvalue weighted by atomic mass is 10.3. The molecule has 0 saturated carbocycles. The van der Waals surface area contributed by atoms with Crippen molar-refractivity contribution in [3.8, 4) is 0 Å². The second-order valence-corrected chi connectivity index (χ2v) is 2.65. The monoisotopic (exact) mass is 144 g/mol. The van der Waals surface area contributed by atoms with Crippen LogP contribution in [0.1, 0.15) is 20.3 Å². The summed E-state index contributed by atoms with van der Waals surface area (Å²) in [5.41, 5.74) is 0. The number of carbonyl (C=O) groups is 1. The molecule has 0 bridgehead atoms. The molecule has 0 saturated heterocycles. The van der Waals surface area contributed by atoms with Crippen LogP contribution in [0.4, 0.5) is 4.79 Å². The Kier molecular flexibility index (Phi) is 3.84. The standard InChI is InChI=1S/C7H16N2O/c1-5-6(2)8-7(10)9(3)4/h6H,5H2,1-4H3,(H,8,10). The molecule has 1 unspecified atom stereocenters. The van der Waals surface area contributed by atoms with Crippen molar-refractivity contribution in [3.63, 3.8) is 0 Å². The van der Waals surface area contributed by atoms with Crippen molar-refractivity contribution in [2.24, 2.45) is 0 Å². The first-order valence-electron chi connectivity index (χ1n) is 3.55. The lowest BCUT2D eigenvalue weighted by Crippen LogP contribution is -2.39. The summed E-state index contributed by atoms with van der Waals surface area (Å²) in [6.07, 6.45) is 0.972. The van der Waals surface area contributed by atoms with Crippen LogP contribution in [0.15, 0.2) is 0 Å². The molecule has 1 N–H and O–H groups in total. The highest BCUT2D eigenvalue weighted by Gasteiger charge is 2.05. The van der Waals surface area contributed by atoms with Gasteiger partial charge in [-0.05, 0) is 13.3 Å². The first kappa shape index (κ1) is 9.27. The molecule has 0 aromatic heterocycles. The average molecular weight is 144 g/mol. The van der Waals surface area contributed by atoms with Crippen LogP contribution in [0.5, 0.6) is 0 Å². The molecule has 10 heavy (non-hydrogen) atoms. The molecular formula is C7H16N2O. The molecule has 0 aliphatic rings. The maximum absolute atomic E-state index is 10.9. The van der Waals surface area contributed by atoms with E-state index in [1.54, 1.807) is 14.1 Å². The molecule has 60 valence electrons. The molecule has 0 rings (SSSR count). The summed E-state index contributed by atoms with van der Waals surface area (Å²) in [6, 6.07) is 0.254. The molecule has 0 aromatic rings. The number of hydrogen-bond donors (Lipinski definition) is 1. The minimum Gasteiger partial charge on any atom is -0.336 e. The van der Waals surface area contributed by atoms with Gasteiger partial charge in [-0.1, -0.05) is 6.92 Å². The van der Waals surface area contributed by atoms with Gasteiger partial charge in [0.1, 0.15) is 0 Å². The second kappa shape index (κ2) is 4.14. The van der Waals surface area contributed by atoms with Crippen LogP contribution in [0.25, 0.3) is 0 Å². The Hall–Kier alpha value is -0.730. The molecule has 0 fully saturated rings. The molecule has 0 radical (unpaired) electrons. The van der Waals surface area contributed by atoms with Gasteiger partial charge in [0.25, 0.3) is 0 Å². The van der Waals surface area contributed by atoms with Gasteiger partial charge in [-0.25, -0.2) is 4.79 Å². The van der Waals surface area contributed by atoms with E-state index in [0.717, 1.165) is 6.42 Å². The zero-order valence-electron chi connectivity index (χ0n) is 7.14. The summed E-state index contributed by atoms with van der Waals surface area (Å²) in [7, 11) is 3.47. The molecule has 0 aliphatic heterocycles. The van der Waals surface area contributed by atoms with Crippen LogP contribution in [-0.4, -0.2) is 31.1 Å². The van der Waals surface area contributed by atoms with E-state index in [1.165, 1.54) is 4.90 Å². The molecule has 0 aromatic carbocycles. The highest BCUT2D eigenvalue weighted by atomic mass is 16.2. The predicted octanol–water partition coefficient (Wildman–Crippen LogP) is 1.06. The van der Waals surface area contributed by atoms with Gasteiger partial charge in [0.15, 0.2) is 0 Å². The molecule has 0 aliphatic carbocycles. The molecule has 3 nitrogen and oxygen atoms in total. The molecule has 1 atom stereocenters. The second-order valence-electron chi connectivity index (χ2n) is 2.65. The van der Waals surface area contributed by atoms with Crippen molar-refractivity contribution in [1.82, 2.24) is 10.2 Å². The molecular weight excluding hydrogens is 128 g/mol. The van der Waals surface area contributed by atoms with E-state index in [9.17, 15) is 4.79 Å². The van der Waals surface area contributed by atoms with Gasteiger partial charge >= 0.3 is 6.03 Å². The fourth-order valence-corrected chi connectivity index (χ4v) is 0.442. The van der Waals surface area contributed by atoms with E-state index in [2.05, 4.69) is 5.32 Å². The lowest BCUT2D eigenvalue weighted by Gasteiger charge is -2.15. The number of rotatable bonds is 2. The summed E-state index contributed by atoms with van der Waals surface area (Å²) >= 11 is 0. The van der Waals surface area contributed by atoms with Gasteiger partial charge in [-0.15, -0.1) is 0 Å². The fraction of sp³-hybridized carbons (Fsp3) is 0.857. The van der Waals surface area contributed by atoms with Gasteiger partial charge in [0.2, 0.25) is 0 Å². The number of carbonyl (C=O) groups excluding carboxylic acids is 1. The van der Waals surface area contributed by atoms with E-state index < -0.39 is 0 Å². The van der Waals surface area contributed by atoms with Crippen LogP contribution in [0, 0.1) is 0 Å². The largest absolute Gasteiger partial charge is 0.336 e. The zero-order valence-corrected chi connectivity index (χ0v) is 7.14. The third kappa shape index (κ3) is 3.33. The minimum absolute atomic E-state index is 0.0191. The number of amides is 2. The van der Waals surface area contributed by atoms with E-state index >= 15 is 0 Å². The van der Waals surface area contributed by atoms with Crippen LogP contribution < -0.4 is 5.32 Å². The minimum atomic E-state index is -0.0191.